The van der Waals surface area contributed by atoms with Crippen LogP contribution in [0.4, 0.5) is 0 Å². The molecule has 0 atom stereocenters. The first-order chi connectivity index (χ1) is 10.5. The fourth-order valence-corrected chi connectivity index (χ4v) is 2.28. The number of halogens is 1. The van der Waals surface area contributed by atoms with Crippen LogP contribution in [0, 0.1) is 0 Å². The minimum Gasteiger partial charge on any atom is -0.493 e. The molecule has 0 unspecified atom stereocenters. The molecule has 0 heterocycles. The lowest BCUT2D eigenvalue weighted by atomic mass is 10.2. The molecule has 114 valence electrons. The number of aromatic carboxylic acids is 1. The lowest BCUT2D eigenvalue weighted by Gasteiger charge is -2.09. The van der Waals surface area contributed by atoms with E-state index in [0.717, 1.165) is 0 Å². The maximum atomic E-state index is 12.1. The van der Waals surface area contributed by atoms with Crippen LogP contribution in [0.25, 0.3) is 0 Å². The number of hydrogen-bond donors (Lipinski definition) is 1. The maximum absolute atomic E-state index is 12.1. The molecule has 0 saturated heterocycles. The first-order valence-corrected chi connectivity index (χ1v) is 7.29. The first-order valence-electron chi connectivity index (χ1n) is 6.49. The second-order valence-corrected chi connectivity index (χ2v) is 5.12. The molecule has 0 aliphatic carbocycles. The molecule has 2 rings (SSSR count). The van der Waals surface area contributed by atoms with Crippen LogP contribution < -0.4 is 9.47 Å². The van der Waals surface area contributed by atoms with E-state index in [4.69, 9.17) is 14.6 Å². The average molecular weight is 365 g/mol. The van der Waals surface area contributed by atoms with Gasteiger partial charge in [-0.15, -0.1) is 0 Å². The van der Waals surface area contributed by atoms with Crippen molar-refractivity contribution in [2.45, 2.75) is 6.92 Å². The number of hydrogen-bond acceptors (Lipinski definition) is 4. The van der Waals surface area contributed by atoms with Gasteiger partial charge in [0.2, 0.25) is 0 Å². The minimum atomic E-state index is -1.16. The normalized spacial score (nSPS) is 10.1. The fourth-order valence-electron chi connectivity index (χ4n) is 1.79. The molecule has 22 heavy (non-hydrogen) atoms. The van der Waals surface area contributed by atoms with Gasteiger partial charge in [-0.3, -0.25) is 0 Å². The Morgan fingerprint density at radius 1 is 1.14 bits per heavy atom. The number of carbonyl (C=O) groups excluding carboxylic acids is 1. The predicted octanol–water partition coefficient (Wildman–Crippen LogP) is 3.77. The average Bonchev–Trinajstić information content (AvgIpc) is 2.49. The molecule has 6 heteroatoms. The zero-order chi connectivity index (χ0) is 16.1. The van der Waals surface area contributed by atoms with Crippen LogP contribution in [-0.2, 0) is 0 Å². The standard InChI is InChI=1S/C16H13BrO5/c1-2-21-14-8-7-10(9-12(14)17)16(20)22-13-6-4-3-5-11(13)15(18)19/h3-9H,2H2,1H3,(H,18,19). The third-order valence-electron chi connectivity index (χ3n) is 2.79. The molecular formula is C16H13BrO5. The summed E-state index contributed by atoms with van der Waals surface area (Å²) in [5.74, 6) is -1.18. The van der Waals surface area contributed by atoms with E-state index in [2.05, 4.69) is 15.9 Å². The lowest BCUT2D eigenvalue weighted by molar-refractivity contribution is 0.0681. The van der Waals surface area contributed by atoms with Gasteiger partial charge in [0.1, 0.15) is 17.1 Å². The monoisotopic (exact) mass is 364 g/mol. The lowest BCUT2D eigenvalue weighted by Crippen LogP contribution is -2.11. The van der Waals surface area contributed by atoms with Gasteiger partial charge in [-0.25, -0.2) is 9.59 Å². The molecule has 0 aromatic heterocycles. The Hall–Kier alpha value is -2.34. The van der Waals surface area contributed by atoms with E-state index < -0.39 is 11.9 Å². The number of carboxylic acids is 1. The molecule has 2 aromatic carbocycles. The highest BCUT2D eigenvalue weighted by Gasteiger charge is 2.16. The van der Waals surface area contributed by atoms with Crippen molar-refractivity contribution < 1.29 is 24.2 Å². The quantitative estimate of drug-likeness (QED) is 0.645. The number of carbonyl (C=O) groups is 2. The summed E-state index contributed by atoms with van der Waals surface area (Å²) in [6.07, 6.45) is 0. The van der Waals surface area contributed by atoms with E-state index >= 15 is 0 Å². The van der Waals surface area contributed by atoms with Crippen LogP contribution >= 0.6 is 15.9 Å². The molecule has 0 saturated carbocycles. The van der Waals surface area contributed by atoms with Gasteiger partial charge in [0.25, 0.3) is 0 Å². The molecule has 1 N–H and O–H groups in total. The maximum Gasteiger partial charge on any atom is 0.343 e. The molecule has 0 bridgehead atoms. The van der Waals surface area contributed by atoms with E-state index in [1.54, 1.807) is 30.3 Å². The van der Waals surface area contributed by atoms with Crippen molar-refractivity contribution in [1.29, 1.82) is 0 Å². The van der Waals surface area contributed by atoms with Crippen molar-refractivity contribution in [3.05, 3.63) is 58.1 Å². The Bertz CT molecular complexity index is 711. The van der Waals surface area contributed by atoms with E-state index in [0.29, 0.717) is 16.8 Å². The summed E-state index contributed by atoms with van der Waals surface area (Å²) in [5.41, 5.74) is 0.219. The molecule has 0 spiro atoms. The van der Waals surface area contributed by atoms with E-state index in [1.807, 2.05) is 6.92 Å². The second kappa shape index (κ2) is 7.09. The van der Waals surface area contributed by atoms with Crippen molar-refractivity contribution in [2.24, 2.45) is 0 Å². The molecule has 2 aromatic rings. The number of para-hydroxylation sites is 1. The van der Waals surface area contributed by atoms with Crippen molar-refractivity contribution in [1.82, 2.24) is 0 Å². The zero-order valence-corrected chi connectivity index (χ0v) is 13.3. The highest BCUT2D eigenvalue weighted by atomic mass is 79.9. The Kier molecular flexibility index (Phi) is 5.16. The van der Waals surface area contributed by atoms with Gasteiger partial charge in [0.05, 0.1) is 16.6 Å². The molecule has 0 aliphatic rings. The first kappa shape index (κ1) is 16.0. The van der Waals surface area contributed by atoms with Gasteiger partial charge in [-0.1, -0.05) is 12.1 Å². The Balaban J connectivity index is 2.23. The summed E-state index contributed by atoms with van der Waals surface area (Å²) in [6, 6.07) is 10.7. The van der Waals surface area contributed by atoms with E-state index in [-0.39, 0.29) is 16.9 Å². The topological polar surface area (TPSA) is 72.8 Å². The minimum absolute atomic E-state index is 0.00464. The SMILES string of the molecule is CCOc1ccc(C(=O)Oc2ccccc2C(=O)O)cc1Br. The zero-order valence-electron chi connectivity index (χ0n) is 11.7. The van der Waals surface area contributed by atoms with Gasteiger partial charge >= 0.3 is 11.9 Å². The molecule has 0 amide bonds. The van der Waals surface area contributed by atoms with Crippen LogP contribution in [0.3, 0.4) is 0 Å². The number of esters is 1. The molecule has 0 radical (unpaired) electrons. The van der Waals surface area contributed by atoms with Crippen molar-refractivity contribution in [2.75, 3.05) is 6.61 Å². The van der Waals surface area contributed by atoms with Crippen LogP contribution in [-0.4, -0.2) is 23.7 Å². The highest BCUT2D eigenvalue weighted by molar-refractivity contribution is 9.10. The van der Waals surface area contributed by atoms with Gasteiger partial charge in [-0.2, -0.15) is 0 Å². The van der Waals surface area contributed by atoms with Crippen LogP contribution in [0.15, 0.2) is 46.9 Å². The van der Waals surface area contributed by atoms with Crippen LogP contribution in [0.2, 0.25) is 0 Å². The molecular weight excluding hydrogens is 352 g/mol. The summed E-state index contributed by atoms with van der Waals surface area (Å²) in [4.78, 5) is 23.2. The number of rotatable bonds is 5. The summed E-state index contributed by atoms with van der Waals surface area (Å²) in [7, 11) is 0. The van der Waals surface area contributed by atoms with Gasteiger partial charge in [0.15, 0.2) is 0 Å². The van der Waals surface area contributed by atoms with Crippen molar-refractivity contribution >= 4 is 27.9 Å². The highest BCUT2D eigenvalue weighted by Crippen LogP contribution is 2.27. The third-order valence-corrected chi connectivity index (χ3v) is 3.41. The van der Waals surface area contributed by atoms with E-state index in [1.165, 1.54) is 12.1 Å². The van der Waals surface area contributed by atoms with Crippen molar-refractivity contribution in [3.8, 4) is 11.5 Å². The van der Waals surface area contributed by atoms with Crippen molar-refractivity contribution in [3.63, 3.8) is 0 Å². The second-order valence-electron chi connectivity index (χ2n) is 4.27. The Morgan fingerprint density at radius 2 is 1.86 bits per heavy atom. The number of benzene rings is 2. The largest absolute Gasteiger partial charge is 0.493 e. The van der Waals surface area contributed by atoms with Gasteiger partial charge in [0, 0.05) is 0 Å². The van der Waals surface area contributed by atoms with E-state index in [9.17, 15) is 9.59 Å². The molecule has 0 aliphatic heterocycles. The van der Waals surface area contributed by atoms with Gasteiger partial charge in [-0.05, 0) is 53.2 Å². The summed E-state index contributed by atoms with van der Waals surface area (Å²) < 4.78 is 11.2. The Labute approximate surface area is 135 Å². The Morgan fingerprint density at radius 3 is 2.50 bits per heavy atom. The summed E-state index contributed by atoms with van der Waals surface area (Å²) >= 11 is 3.31. The smallest absolute Gasteiger partial charge is 0.343 e. The summed E-state index contributed by atoms with van der Waals surface area (Å²) in [5, 5.41) is 9.07. The van der Waals surface area contributed by atoms with Gasteiger partial charge < -0.3 is 14.6 Å². The fraction of sp³-hybridized carbons (Fsp3) is 0.125. The van der Waals surface area contributed by atoms with Crippen LogP contribution in [0.5, 0.6) is 11.5 Å². The predicted molar refractivity (Wildman–Crippen MR) is 83.7 cm³/mol. The molecule has 0 fully saturated rings. The van der Waals surface area contributed by atoms with Crippen LogP contribution in [0.1, 0.15) is 27.6 Å². The summed E-state index contributed by atoms with van der Waals surface area (Å²) in [6.45, 7) is 2.37. The third kappa shape index (κ3) is 3.65. The molecule has 5 nitrogen and oxygen atoms in total. The number of ether oxygens (including phenoxy) is 2. The number of carboxylic acid groups (broad SMARTS) is 1.